The van der Waals surface area contributed by atoms with Crippen LogP contribution >= 0.6 is 0 Å². The van der Waals surface area contributed by atoms with Crippen LogP contribution in [0, 0.1) is 5.92 Å². The summed E-state index contributed by atoms with van der Waals surface area (Å²) in [7, 11) is -3.41. The van der Waals surface area contributed by atoms with Crippen LogP contribution in [-0.4, -0.2) is 31.9 Å². The molecule has 0 spiro atoms. The van der Waals surface area contributed by atoms with Gasteiger partial charge in [-0.15, -0.1) is 0 Å². The molecule has 1 aliphatic rings. The minimum absolute atomic E-state index is 0.0755. The van der Waals surface area contributed by atoms with Crippen LogP contribution in [0.5, 0.6) is 0 Å². The van der Waals surface area contributed by atoms with Crippen molar-refractivity contribution in [2.45, 2.75) is 44.0 Å². The lowest BCUT2D eigenvalue weighted by atomic mass is 9.96. The second-order valence-corrected chi connectivity index (χ2v) is 7.95. The molecule has 0 amide bonds. The second-order valence-electron chi connectivity index (χ2n) is 6.02. The van der Waals surface area contributed by atoms with Gasteiger partial charge in [-0.25, -0.2) is 8.42 Å². The zero-order valence-electron chi connectivity index (χ0n) is 12.4. The van der Waals surface area contributed by atoms with Crippen molar-refractivity contribution >= 4 is 10.0 Å². The topological polar surface area (TPSA) is 63.4 Å². The number of piperidine rings is 1. The number of nitrogens with two attached hydrogens (primary N) is 1. The first-order valence-electron chi connectivity index (χ1n) is 7.18. The Morgan fingerprint density at radius 2 is 1.85 bits per heavy atom. The van der Waals surface area contributed by atoms with E-state index in [1.54, 1.807) is 12.1 Å². The molecular formula is C15H24N2O2S. The molecular weight excluding hydrogens is 272 g/mol. The van der Waals surface area contributed by atoms with Crippen LogP contribution in [-0.2, 0) is 10.0 Å². The second kappa shape index (κ2) is 5.84. The van der Waals surface area contributed by atoms with Crippen LogP contribution in [0.4, 0.5) is 0 Å². The summed E-state index contributed by atoms with van der Waals surface area (Å²) < 4.78 is 26.7. The molecule has 1 aromatic carbocycles. The number of rotatable bonds is 3. The number of nitrogens with zero attached hydrogens (tertiary/aromatic N) is 1. The quantitative estimate of drug-likeness (QED) is 0.929. The van der Waals surface area contributed by atoms with Crippen molar-refractivity contribution in [3.8, 4) is 0 Å². The van der Waals surface area contributed by atoms with Gasteiger partial charge in [-0.1, -0.05) is 32.9 Å². The lowest BCUT2D eigenvalue weighted by Gasteiger charge is -2.34. The fraction of sp³-hybridized carbons (Fsp3) is 0.600. The molecule has 2 N–H and O–H groups in total. The zero-order valence-corrected chi connectivity index (χ0v) is 13.2. The van der Waals surface area contributed by atoms with E-state index in [0.29, 0.717) is 29.8 Å². The minimum atomic E-state index is -3.41. The Kier molecular flexibility index (Phi) is 4.52. The van der Waals surface area contributed by atoms with Crippen molar-refractivity contribution in [3.63, 3.8) is 0 Å². The third-order valence-electron chi connectivity index (χ3n) is 4.16. The van der Waals surface area contributed by atoms with Gasteiger partial charge >= 0.3 is 0 Å². The molecule has 4 nitrogen and oxygen atoms in total. The number of sulfonamides is 1. The Labute approximate surface area is 122 Å². The van der Waals surface area contributed by atoms with E-state index >= 15 is 0 Å². The van der Waals surface area contributed by atoms with E-state index in [4.69, 9.17) is 5.73 Å². The van der Waals surface area contributed by atoms with Crippen LogP contribution in [0.3, 0.4) is 0 Å². The van der Waals surface area contributed by atoms with E-state index in [1.165, 1.54) is 4.31 Å². The van der Waals surface area contributed by atoms with Gasteiger partial charge < -0.3 is 5.73 Å². The van der Waals surface area contributed by atoms with Crippen molar-refractivity contribution in [1.29, 1.82) is 0 Å². The summed E-state index contributed by atoms with van der Waals surface area (Å²) in [4.78, 5) is 0.364. The third kappa shape index (κ3) is 3.05. The summed E-state index contributed by atoms with van der Waals surface area (Å²) >= 11 is 0. The first-order valence-corrected chi connectivity index (χ1v) is 8.62. The maximum atomic E-state index is 12.6. The van der Waals surface area contributed by atoms with E-state index in [0.717, 1.165) is 12.0 Å². The summed E-state index contributed by atoms with van der Waals surface area (Å²) in [6.45, 7) is 7.23. The highest BCUT2D eigenvalue weighted by molar-refractivity contribution is 7.89. The minimum Gasteiger partial charge on any atom is -0.326 e. The number of benzene rings is 1. The lowest BCUT2D eigenvalue weighted by Crippen LogP contribution is -2.49. The maximum absolute atomic E-state index is 12.6. The Hall–Kier alpha value is -0.910. The first kappa shape index (κ1) is 15.5. The summed E-state index contributed by atoms with van der Waals surface area (Å²) in [5, 5.41) is 0. The van der Waals surface area contributed by atoms with Crippen LogP contribution < -0.4 is 5.73 Å². The van der Waals surface area contributed by atoms with Gasteiger partial charge in [0.05, 0.1) is 4.90 Å². The van der Waals surface area contributed by atoms with E-state index in [2.05, 4.69) is 20.8 Å². The van der Waals surface area contributed by atoms with Gasteiger partial charge in [0.2, 0.25) is 10.0 Å². The largest absolute Gasteiger partial charge is 0.326 e. The van der Waals surface area contributed by atoms with Crippen LogP contribution in [0.25, 0.3) is 0 Å². The van der Waals surface area contributed by atoms with E-state index in [-0.39, 0.29) is 6.04 Å². The van der Waals surface area contributed by atoms with Crippen molar-refractivity contribution in [2.75, 3.05) is 13.1 Å². The van der Waals surface area contributed by atoms with Gasteiger partial charge in [0.1, 0.15) is 0 Å². The molecule has 1 aromatic rings. The average molecular weight is 296 g/mol. The Morgan fingerprint density at radius 1 is 1.25 bits per heavy atom. The predicted molar refractivity (Wildman–Crippen MR) is 81.0 cm³/mol. The summed E-state index contributed by atoms with van der Waals surface area (Å²) in [6.07, 6.45) is 0.824. The molecule has 0 aliphatic carbocycles. The molecule has 20 heavy (non-hydrogen) atoms. The van der Waals surface area contributed by atoms with Gasteiger partial charge in [-0.3, -0.25) is 0 Å². The Bertz CT molecular complexity index is 552. The SMILES string of the molecule is CC(C)c1ccc(S(=O)(=O)N2CCC(C)C(N)C2)cc1. The molecule has 1 heterocycles. The first-order chi connectivity index (χ1) is 9.32. The standard InChI is InChI=1S/C15H24N2O2S/c1-11(2)13-4-6-14(7-5-13)20(18,19)17-9-8-12(3)15(16)10-17/h4-7,11-12,15H,8-10,16H2,1-3H3. The number of hydrogen-bond acceptors (Lipinski definition) is 3. The summed E-state index contributed by atoms with van der Waals surface area (Å²) in [6, 6.07) is 7.12. The monoisotopic (exact) mass is 296 g/mol. The Morgan fingerprint density at radius 3 is 2.35 bits per heavy atom. The molecule has 1 aliphatic heterocycles. The molecule has 2 atom stereocenters. The third-order valence-corrected chi connectivity index (χ3v) is 6.04. The molecule has 2 rings (SSSR count). The van der Waals surface area contributed by atoms with Crippen LogP contribution in [0.2, 0.25) is 0 Å². The fourth-order valence-corrected chi connectivity index (χ4v) is 3.95. The van der Waals surface area contributed by atoms with Gasteiger partial charge in [0.25, 0.3) is 0 Å². The molecule has 1 saturated heterocycles. The van der Waals surface area contributed by atoms with Crippen molar-refractivity contribution in [3.05, 3.63) is 29.8 Å². The summed E-state index contributed by atoms with van der Waals surface area (Å²) in [5.74, 6) is 0.778. The van der Waals surface area contributed by atoms with Gasteiger partial charge in [-0.2, -0.15) is 4.31 Å². The van der Waals surface area contributed by atoms with Crippen molar-refractivity contribution < 1.29 is 8.42 Å². The lowest BCUT2D eigenvalue weighted by molar-refractivity contribution is 0.253. The molecule has 0 radical (unpaired) electrons. The van der Waals surface area contributed by atoms with Crippen molar-refractivity contribution in [2.24, 2.45) is 11.7 Å². The average Bonchev–Trinajstić information content (AvgIpc) is 2.41. The van der Waals surface area contributed by atoms with Crippen LogP contribution in [0.15, 0.2) is 29.2 Å². The number of hydrogen-bond donors (Lipinski definition) is 1. The highest BCUT2D eigenvalue weighted by atomic mass is 32.2. The maximum Gasteiger partial charge on any atom is 0.243 e. The highest BCUT2D eigenvalue weighted by Crippen LogP contribution is 2.24. The zero-order chi connectivity index (χ0) is 14.9. The molecule has 0 aromatic heterocycles. The van der Waals surface area contributed by atoms with Crippen molar-refractivity contribution in [1.82, 2.24) is 4.31 Å². The van der Waals surface area contributed by atoms with Gasteiger partial charge in [-0.05, 0) is 36.0 Å². The highest BCUT2D eigenvalue weighted by Gasteiger charge is 2.31. The molecule has 1 fully saturated rings. The van der Waals surface area contributed by atoms with Gasteiger partial charge in [0.15, 0.2) is 0 Å². The normalized spacial score (nSPS) is 25.1. The molecule has 5 heteroatoms. The van der Waals surface area contributed by atoms with E-state index < -0.39 is 10.0 Å². The van der Waals surface area contributed by atoms with E-state index in [1.807, 2.05) is 12.1 Å². The molecule has 0 saturated carbocycles. The molecule has 2 unspecified atom stereocenters. The smallest absolute Gasteiger partial charge is 0.243 e. The molecule has 112 valence electrons. The predicted octanol–water partition coefficient (Wildman–Crippen LogP) is 2.17. The van der Waals surface area contributed by atoms with Gasteiger partial charge in [0, 0.05) is 19.1 Å². The Balaban J connectivity index is 2.22. The van der Waals surface area contributed by atoms with E-state index in [9.17, 15) is 8.42 Å². The molecule has 0 bridgehead atoms. The van der Waals surface area contributed by atoms with Crippen LogP contribution in [0.1, 0.15) is 38.7 Å². The summed E-state index contributed by atoms with van der Waals surface area (Å²) in [5.41, 5.74) is 7.15. The fourth-order valence-electron chi connectivity index (χ4n) is 2.46.